The van der Waals surface area contributed by atoms with Crippen LogP contribution < -0.4 is 11.1 Å². The van der Waals surface area contributed by atoms with E-state index in [0.717, 1.165) is 0 Å². The number of aliphatic hydroxyl groups excluding tert-OH is 1. The molecule has 26 heavy (non-hydrogen) atoms. The van der Waals surface area contributed by atoms with E-state index >= 15 is 0 Å². The van der Waals surface area contributed by atoms with Crippen molar-refractivity contribution in [3.05, 3.63) is 11.1 Å². The Morgan fingerprint density at radius 3 is 2.35 bits per heavy atom. The lowest BCUT2D eigenvalue weighted by Gasteiger charge is -2.34. The van der Waals surface area contributed by atoms with Crippen LogP contribution in [0.1, 0.15) is 33.1 Å². The van der Waals surface area contributed by atoms with E-state index in [4.69, 9.17) is 15.2 Å². The number of carboxylic acid groups (broad SMARTS) is 1. The van der Waals surface area contributed by atoms with Crippen molar-refractivity contribution < 1.29 is 34.1 Å². The molecule has 0 radical (unpaired) electrons. The fourth-order valence-electron chi connectivity index (χ4n) is 3.10. The van der Waals surface area contributed by atoms with Gasteiger partial charge in [0.2, 0.25) is 5.91 Å². The van der Waals surface area contributed by atoms with Gasteiger partial charge >= 0.3 is 5.97 Å². The van der Waals surface area contributed by atoms with Gasteiger partial charge in [-0.2, -0.15) is 0 Å². The number of primary amides is 1. The second-order valence-corrected chi connectivity index (χ2v) is 6.44. The van der Waals surface area contributed by atoms with Crippen LogP contribution >= 0.6 is 0 Å². The summed E-state index contributed by atoms with van der Waals surface area (Å²) in [6.07, 6.45) is -2.13. The Morgan fingerprint density at radius 2 is 1.88 bits per heavy atom. The molecule has 9 heteroatoms. The average molecular weight is 372 g/mol. The van der Waals surface area contributed by atoms with E-state index in [1.807, 2.05) is 0 Å². The molecule has 0 unspecified atom stereocenters. The minimum Gasteiger partial charge on any atom is -0.480 e. The number of Topliss-reactive ketones (excluding diaryl/α,β-unsaturated/α-hetero) is 1. The largest absolute Gasteiger partial charge is 0.480 e. The third-order valence-corrected chi connectivity index (χ3v) is 4.67. The summed E-state index contributed by atoms with van der Waals surface area (Å²) < 4.78 is 10.5. The fraction of sp³-hybridized carbons (Fsp3) is 0.706. The number of ketones is 1. The molecule has 0 aromatic heterocycles. The molecule has 0 bridgehead atoms. The SMILES string of the molecule is CO[C@H]1C[C@H](OC)C(C)=C([C@@H](O)[C@H](C)N[C@@H](CCC(N)=O)C(=O)O)C1=O. The van der Waals surface area contributed by atoms with E-state index in [0.29, 0.717) is 12.0 Å². The Balaban J connectivity index is 2.99. The topological polar surface area (TPSA) is 148 Å². The lowest BCUT2D eigenvalue weighted by Crippen LogP contribution is -2.51. The van der Waals surface area contributed by atoms with Gasteiger partial charge in [0.15, 0.2) is 5.78 Å². The molecular formula is C17H28N2O7. The number of nitrogens with two attached hydrogens (primary N) is 1. The Labute approximate surface area is 152 Å². The quantitative estimate of drug-likeness (QED) is 0.396. The summed E-state index contributed by atoms with van der Waals surface area (Å²) in [7, 11) is 2.92. The molecule has 0 saturated heterocycles. The van der Waals surface area contributed by atoms with Gasteiger partial charge in [-0.1, -0.05) is 0 Å². The maximum Gasteiger partial charge on any atom is 0.320 e. The predicted octanol–water partition coefficient (Wildman–Crippen LogP) is -0.637. The number of carbonyl (C=O) groups is 3. The highest BCUT2D eigenvalue weighted by atomic mass is 16.5. The summed E-state index contributed by atoms with van der Waals surface area (Å²) in [5.41, 5.74) is 5.81. The monoisotopic (exact) mass is 372 g/mol. The molecule has 0 heterocycles. The zero-order valence-corrected chi connectivity index (χ0v) is 15.5. The lowest BCUT2D eigenvalue weighted by molar-refractivity contribution is -0.140. The molecule has 1 amide bonds. The van der Waals surface area contributed by atoms with Crippen LogP contribution in [0.5, 0.6) is 0 Å². The molecule has 5 atom stereocenters. The lowest BCUT2D eigenvalue weighted by atomic mass is 9.82. The van der Waals surface area contributed by atoms with Crippen molar-refractivity contribution in [2.45, 2.75) is 63.5 Å². The van der Waals surface area contributed by atoms with Crippen molar-refractivity contribution in [2.24, 2.45) is 5.73 Å². The Bertz CT molecular complexity index is 575. The standard InChI is InChI=1S/C17H28N2O7/c1-8-11(25-3)7-12(26-4)16(22)14(8)15(21)9(2)19-10(17(23)24)5-6-13(18)20/h9-12,15,19,21H,5-7H2,1-4H3,(H2,18,20)(H,23,24)/t9-,10-,11-,12-,15-/m0/s1. The number of rotatable bonds is 10. The number of ether oxygens (including phenoxy) is 2. The number of amides is 1. The molecule has 0 aromatic rings. The molecule has 0 spiro atoms. The van der Waals surface area contributed by atoms with Gasteiger partial charge in [-0.05, 0) is 25.8 Å². The summed E-state index contributed by atoms with van der Waals surface area (Å²) >= 11 is 0. The van der Waals surface area contributed by atoms with Gasteiger partial charge in [0.1, 0.15) is 12.1 Å². The van der Waals surface area contributed by atoms with Crippen LogP contribution in [0.15, 0.2) is 11.1 Å². The van der Waals surface area contributed by atoms with Crippen molar-refractivity contribution in [3.63, 3.8) is 0 Å². The van der Waals surface area contributed by atoms with Crippen LogP contribution in [0.4, 0.5) is 0 Å². The third-order valence-electron chi connectivity index (χ3n) is 4.67. The first-order chi connectivity index (χ1) is 12.1. The summed E-state index contributed by atoms with van der Waals surface area (Å²) in [6, 6.07) is -1.84. The van der Waals surface area contributed by atoms with Crippen LogP contribution in [0.3, 0.4) is 0 Å². The normalized spacial score (nSPS) is 24.3. The van der Waals surface area contributed by atoms with Crippen LogP contribution in [-0.4, -0.2) is 72.5 Å². The molecule has 1 aliphatic carbocycles. The number of carbonyl (C=O) groups excluding carboxylic acids is 2. The highest BCUT2D eigenvalue weighted by molar-refractivity contribution is 6.01. The number of hydrogen-bond acceptors (Lipinski definition) is 7. The van der Waals surface area contributed by atoms with Gasteiger partial charge in [-0.3, -0.25) is 19.7 Å². The van der Waals surface area contributed by atoms with Crippen LogP contribution in [0.25, 0.3) is 0 Å². The highest BCUT2D eigenvalue weighted by Gasteiger charge is 2.39. The average Bonchev–Trinajstić information content (AvgIpc) is 2.58. The second-order valence-electron chi connectivity index (χ2n) is 6.44. The van der Waals surface area contributed by atoms with Gasteiger partial charge in [0, 0.05) is 38.7 Å². The molecule has 5 N–H and O–H groups in total. The molecule has 0 fully saturated rings. The molecule has 1 rings (SSSR count). The van der Waals surface area contributed by atoms with Crippen molar-refractivity contribution in [2.75, 3.05) is 14.2 Å². The minimum atomic E-state index is -1.26. The highest BCUT2D eigenvalue weighted by Crippen LogP contribution is 2.29. The number of hydrogen-bond donors (Lipinski definition) is 4. The summed E-state index contributed by atoms with van der Waals surface area (Å²) in [5.74, 6) is -2.13. The number of methoxy groups -OCH3 is 2. The van der Waals surface area contributed by atoms with E-state index in [1.165, 1.54) is 14.2 Å². The predicted molar refractivity (Wildman–Crippen MR) is 92.4 cm³/mol. The number of aliphatic carboxylic acids is 1. The maximum atomic E-state index is 12.6. The smallest absolute Gasteiger partial charge is 0.320 e. The molecule has 0 saturated carbocycles. The van der Waals surface area contributed by atoms with Crippen molar-refractivity contribution in [1.82, 2.24) is 5.32 Å². The van der Waals surface area contributed by atoms with E-state index in [1.54, 1.807) is 13.8 Å². The Kier molecular flexibility index (Phi) is 8.35. The van der Waals surface area contributed by atoms with Crippen molar-refractivity contribution in [1.29, 1.82) is 0 Å². The number of carboxylic acids is 1. The zero-order valence-electron chi connectivity index (χ0n) is 15.5. The van der Waals surface area contributed by atoms with Gasteiger partial charge in [-0.25, -0.2) is 0 Å². The molecular weight excluding hydrogens is 344 g/mol. The number of aliphatic hydroxyl groups is 1. The summed E-state index contributed by atoms with van der Waals surface area (Å²) in [4.78, 5) is 34.9. The molecule has 148 valence electrons. The van der Waals surface area contributed by atoms with Crippen LogP contribution in [0, 0.1) is 0 Å². The third kappa shape index (κ3) is 5.34. The Hall–Kier alpha value is -1.81. The van der Waals surface area contributed by atoms with Crippen molar-refractivity contribution >= 4 is 17.7 Å². The molecule has 0 aromatic carbocycles. The van der Waals surface area contributed by atoms with E-state index in [-0.39, 0.29) is 30.3 Å². The van der Waals surface area contributed by atoms with Gasteiger partial charge < -0.3 is 25.4 Å². The first-order valence-electron chi connectivity index (χ1n) is 8.39. The zero-order chi connectivity index (χ0) is 20.0. The summed E-state index contributed by atoms with van der Waals surface area (Å²) in [5, 5.41) is 22.7. The van der Waals surface area contributed by atoms with Crippen LogP contribution in [0.2, 0.25) is 0 Å². The van der Waals surface area contributed by atoms with Gasteiger partial charge in [-0.15, -0.1) is 0 Å². The number of nitrogens with one attached hydrogen (secondary N) is 1. The van der Waals surface area contributed by atoms with Crippen LogP contribution in [-0.2, 0) is 23.9 Å². The Morgan fingerprint density at radius 1 is 1.31 bits per heavy atom. The van der Waals surface area contributed by atoms with Gasteiger partial charge in [0.25, 0.3) is 0 Å². The van der Waals surface area contributed by atoms with Gasteiger partial charge in [0.05, 0.1) is 12.2 Å². The minimum absolute atomic E-state index is 0.0188. The molecule has 9 nitrogen and oxygen atoms in total. The molecule has 1 aliphatic rings. The van der Waals surface area contributed by atoms with Crippen molar-refractivity contribution in [3.8, 4) is 0 Å². The van der Waals surface area contributed by atoms with E-state index < -0.39 is 36.2 Å². The first kappa shape index (κ1) is 22.2. The summed E-state index contributed by atoms with van der Waals surface area (Å²) in [6.45, 7) is 3.27. The fourth-order valence-corrected chi connectivity index (χ4v) is 3.10. The van der Waals surface area contributed by atoms with E-state index in [2.05, 4.69) is 5.32 Å². The second kappa shape index (κ2) is 9.77. The maximum absolute atomic E-state index is 12.6. The first-order valence-corrected chi connectivity index (χ1v) is 8.39. The van der Waals surface area contributed by atoms with E-state index in [9.17, 15) is 24.6 Å². The molecule has 0 aliphatic heterocycles.